The van der Waals surface area contributed by atoms with Crippen molar-refractivity contribution in [3.8, 4) is 6.07 Å². The van der Waals surface area contributed by atoms with E-state index in [0.717, 1.165) is 6.42 Å². The van der Waals surface area contributed by atoms with Crippen LogP contribution in [0.15, 0.2) is 23.4 Å². The standard InChI is InChI=1S/C6H6N2/c7-4-5-2-1-3-6(5)8/h1-2H,3,8H2. The Kier molecular flexibility index (Phi) is 1.05. The zero-order valence-corrected chi connectivity index (χ0v) is 4.39. The molecule has 0 saturated carbocycles. The molecule has 0 bridgehead atoms. The van der Waals surface area contributed by atoms with Crippen molar-refractivity contribution >= 4 is 0 Å². The lowest BCUT2D eigenvalue weighted by Crippen LogP contribution is -1.94. The zero-order valence-electron chi connectivity index (χ0n) is 4.39. The van der Waals surface area contributed by atoms with Gasteiger partial charge in [0, 0.05) is 12.1 Å². The first-order valence-corrected chi connectivity index (χ1v) is 2.40. The second kappa shape index (κ2) is 1.71. The Hall–Kier alpha value is -1.23. The monoisotopic (exact) mass is 106 g/mol. The van der Waals surface area contributed by atoms with Gasteiger partial charge >= 0.3 is 0 Å². The van der Waals surface area contributed by atoms with Gasteiger partial charge in [0.25, 0.3) is 0 Å². The van der Waals surface area contributed by atoms with Gasteiger partial charge in [-0.25, -0.2) is 0 Å². The Bertz CT molecular complexity index is 193. The maximum Gasteiger partial charge on any atom is 0.101 e. The Morgan fingerprint density at radius 3 is 2.75 bits per heavy atom. The molecule has 0 aromatic heterocycles. The van der Waals surface area contributed by atoms with Crippen molar-refractivity contribution in [3.63, 3.8) is 0 Å². The summed E-state index contributed by atoms with van der Waals surface area (Å²) in [5, 5.41) is 8.30. The predicted molar refractivity (Wildman–Crippen MR) is 30.6 cm³/mol. The lowest BCUT2D eigenvalue weighted by molar-refractivity contribution is 1.19. The lowest BCUT2D eigenvalue weighted by atomic mass is 10.3. The van der Waals surface area contributed by atoms with Gasteiger partial charge in [-0.15, -0.1) is 0 Å². The van der Waals surface area contributed by atoms with Gasteiger partial charge in [0.15, 0.2) is 0 Å². The zero-order chi connectivity index (χ0) is 5.98. The topological polar surface area (TPSA) is 49.8 Å². The number of nitrogens with two attached hydrogens (primary N) is 1. The largest absolute Gasteiger partial charge is 0.401 e. The fourth-order valence-electron chi connectivity index (χ4n) is 0.630. The molecule has 0 radical (unpaired) electrons. The predicted octanol–water partition coefficient (Wildman–Crippen LogP) is 0.683. The van der Waals surface area contributed by atoms with E-state index in [0.29, 0.717) is 11.3 Å². The van der Waals surface area contributed by atoms with Crippen molar-refractivity contribution in [3.05, 3.63) is 23.4 Å². The summed E-state index contributed by atoms with van der Waals surface area (Å²) in [5.74, 6) is 0. The molecule has 40 valence electrons. The van der Waals surface area contributed by atoms with Crippen LogP contribution in [-0.2, 0) is 0 Å². The smallest absolute Gasteiger partial charge is 0.101 e. The molecule has 0 aromatic rings. The average molecular weight is 106 g/mol. The van der Waals surface area contributed by atoms with Gasteiger partial charge in [-0.05, 0) is 6.08 Å². The fourth-order valence-corrected chi connectivity index (χ4v) is 0.630. The van der Waals surface area contributed by atoms with Crippen LogP contribution in [-0.4, -0.2) is 0 Å². The van der Waals surface area contributed by atoms with E-state index in [1.165, 1.54) is 0 Å². The summed E-state index contributed by atoms with van der Waals surface area (Å²) in [6.07, 6.45) is 4.37. The van der Waals surface area contributed by atoms with Crippen molar-refractivity contribution in [2.24, 2.45) is 5.73 Å². The normalized spacial score (nSPS) is 16.9. The molecule has 0 amide bonds. The van der Waals surface area contributed by atoms with E-state index in [4.69, 9.17) is 11.0 Å². The Balaban J connectivity index is 2.91. The second-order valence-corrected chi connectivity index (χ2v) is 1.66. The van der Waals surface area contributed by atoms with Crippen LogP contribution in [0.5, 0.6) is 0 Å². The number of rotatable bonds is 0. The molecule has 0 aliphatic heterocycles. The number of hydrogen-bond donors (Lipinski definition) is 1. The number of allylic oxidation sites excluding steroid dienone is 3. The van der Waals surface area contributed by atoms with Crippen molar-refractivity contribution in [2.45, 2.75) is 6.42 Å². The molecule has 0 fully saturated rings. The number of nitrogens with zero attached hydrogens (tertiary/aromatic N) is 1. The van der Waals surface area contributed by atoms with Crippen LogP contribution >= 0.6 is 0 Å². The molecule has 8 heavy (non-hydrogen) atoms. The SMILES string of the molecule is N#CC1=C(N)CC=C1. The average Bonchev–Trinajstić information content (AvgIpc) is 2.14. The second-order valence-electron chi connectivity index (χ2n) is 1.66. The molecule has 0 saturated heterocycles. The van der Waals surface area contributed by atoms with Gasteiger partial charge in [-0.2, -0.15) is 5.26 Å². The summed E-state index contributed by atoms with van der Waals surface area (Å²) in [6, 6.07) is 1.98. The summed E-state index contributed by atoms with van der Waals surface area (Å²) in [7, 11) is 0. The van der Waals surface area contributed by atoms with E-state index in [-0.39, 0.29) is 0 Å². The van der Waals surface area contributed by atoms with Crippen molar-refractivity contribution in [1.29, 1.82) is 5.26 Å². The highest BCUT2D eigenvalue weighted by Crippen LogP contribution is 2.11. The molecule has 0 heterocycles. The molecule has 1 rings (SSSR count). The third-order valence-electron chi connectivity index (χ3n) is 1.09. The van der Waals surface area contributed by atoms with Crippen molar-refractivity contribution in [1.82, 2.24) is 0 Å². The molecule has 0 spiro atoms. The Labute approximate surface area is 47.9 Å². The van der Waals surface area contributed by atoms with Crippen LogP contribution < -0.4 is 5.73 Å². The molecule has 1 aliphatic rings. The first kappa shape index (κ1) is 4.92. The highest BCUT2D eigenvalue weighted by atomic mass is 14.6. The highest BCUT2D eigenvalue weighted by Gasteiger charge is 2.01. The third-order valence-corrected chi connectivity index (χ3v) is 1.09. The Morgan fingerprint density at radius 1 is 1.75 bits per heavy atom. The van der Waals surface area contributed by atoms with Gasteiger partial charge in [-0.1, -0.05) is 6.08 Å². The summed E-state index contributed by atoms with van der Waals surface area (Å²) in [5.41, 5.74) is 6.69. The highest BCUT2D eigenvalue weighted by molar-refractivity contribution is 5.42. The summed E-state index contributed by atoms with van der Waals surface area (Å²) in [4.78, 5) is 0. The molecule has 2 heteroatoms. The summed E-state index contributed by atoms with van der Waals surface area (Å²) >= 11 is 0. The maximum absolute atomic E-state index is 8.30. The minimum absolute atomic E-state index is 0.616. The first-order chi connectivity index (χ1) is 3.84. The summed E-state index contributed by atoms with van der Waals surface area (Å²) < 4.78 is 0. The van der Waals surface area contributed by atoms with Crippen LogP contribution in [0.25, 0.3) is 0 Å². The fraction of sp³-hybridized carbons (Fsp3) is 0.167. The van der Waals surface area contributed by atoms with Gasteiger partial charge in [0.2, 0.25) is 0 Å². The first-order valence-electron chi connectivity index (χ1n) is 2.40. The number of nitriles is 1. The minimum Gasteiger partial charge on any atom is -0.401 e. The maximum atomic E-state index is 8.30. The third kappa shape index (κ3) is 0.584. The van der Waals surface area contributed by atoms with E-state index in [2.05, 4.69) is 0 Å². The lowest BCUT2D eigenvalue weighted by Gasteiger charge is -1.86. The number of hydrogen-bond acceptors (Lipinski definition) is 2. The molecule has 0 aromatic carbocycles. The molecule has 0 atom stereocenters. The molecule has 2 nitrogen and oxygen atoms in total. The van der Waals surface area contributed by atoms with Gasteiger partial charge < -0.3 is 5.73 Å². The molecule has 2 N–H and O–H groups in total. The van der Waals surface area contributed by atoms with Crippen molar-refractivity contribution in [2.75, 3.05) is 0 Å². The van der Waals surface area contributed by atoms with E-state index in [1.54, 1.807) is 6.08 Å². The van der Waals surface area contributed by atoms with Crippen LogP contribution in [0.2, 0.25) is 0 Å². The molecular weight excluding hydrogens is 100 g/mol. The quantitative estimate of drug-likeness (QED) is 0.493. The van der Waals surface area contributed by atoms with E-state index in [1.807, 2.05) is 12.1 Å². The molecular formula is C6H6N2. The van der Waals surface area contributed by atoms with Crippen LogP contribution in [0.3, 0.4) is 0 Å². The van der Waals surface area contributed by atoms with Gasteiger partial charge in [-0.3, -0.25) is 0 Å². The minimum atomic E-state index is 0.616. The van der Waals surface area contributed by atoms with Gasteiger partial charge in [0.1, 0.15) is 6.07 Å². The molecule has 0 unspecified atom stereocenters. The summed E-state index contributed by atoms with van der Waals surface area (Å²) in [6.45, 7) is 0. The van der Waals surface area contributed by atoms with E-state index >= 15 is 0 Å². The van der Waals surface area contributed by atoms with Crippen LogP contribution in [0.1, 0.15) is 6.42 Å². The van der Waals surface area contributed by atoms with Crippen molar-refractivity contribution < 1.29 is 0 Å². The van der Waals surface area contributed by atoms with E-state index < -0.39 is 0 Å². The van der Waals surface area contributed by atoms with Crippen LogP contribution in [0.4, 0.5) is 0 Å². The van der Waals surface area contributed by atoms with Crippen LogP contribution in [0, 0.1) is 11.3 Å². The van der Waals surface area contributed by atoms with E-state index in [9.17, 15) is 0 Å². The Morgan fingerprint density at radius 2 is 2.50 bits per heavy atom. The van der Waals surface area contributed by atoms with Gasteiger partial charge in [0.05, 0.1) is 5.57 Å². The molecule has 1 aliphatic carbocycles.